The molecule has 1 fully saturated rings. The second-order valence-corrected chi connectivity index (χ2v) is 5.94. The molecule has 1 aliphatic carbocycles. The van der Waals surface area contributed by atoms with E-state index in [0.717, 1.165) is 16.2 Å². The molecule has 0 aliphatic heterocycles. The number of nitrogens with one attached hydrogen (secondary N) is 1. The Morgan fingerprint density at radius 2 is 2.06 bits per heavy atom. The van der Waals surface area contributed by atoms with Gasteiger partial charge in [-0.05, 0) is 66.1 Å². The summed E-state index contributed by atoms with van der Waals surface area (Å²) in [6.45, 7) is 4.41. The van der Waals surface area contributed by atoms with E-state index in [-0.39, 0.29) is 0 Å². The van der Waals surface area contributed by atoms with Crippen LogP contribution in [0.4, 0.5) is 5.82 Å². The lowest BCUT2D eigenvalue weighted by atomic mass is 9.84. The molecular formula is C14H21BrN2. The largest absolute Gasteiger partial charge is 0.367 e. The monoisotopic (exact) mass is 296 g/mol. The van der Waals surface area contributed by atoms with E-state index in [1.807, 2.05) is 6.20 Å². The molecule has 1 heterocycles. The van der Waals surface area contributed by atoms with Crippen LogP contribution in [0.1, 0.15) is 44.6 Å². The molecule has 0 spiro atoms. The van der Waals surface area contributed by atoms with Gasteiger partial charge in [-0.2, -0.15) is 0 Å². The highest BCUT2D eigenvalue weighted by molar-refractivity contribution is 9.10. The Morgan fingerprint density at radius 3 is 2.65 bits per heavy atom. The van der Waals surface area contributed by atoms with Crippen molar-refractivity contribution < 1.29 is 0 Å². The first kappa shape index (κ1) is 12.9. The lowest BCUT2D eigenvalue weighted by molar-refractivity contribution is 0.330. The smallest absolute Gasteiger partial charge is 0.126 e. The van der Waals surface area contributed by atoms with Gasteiger partial charge in [0.15, 0.2) is 0 Å². The van der Waals surface area contributed by atoms with E-state index in [4.69, 9.17) is 0 Å². The Bertz CT molecular complexity index is 370. The molecule has 3 heteroatoms. The van der Waals surface area contributed by atoms with Crippen molar-refractivity contribution in [2.45, 2.75) is 52.0 Å². The highest BCUT2D eigenvalue weighted by Crippen LogP contribution is 2.28. The van der Waals surface area contributed by atoms with Crippen molar-refractivity contribution in [1.29, 1.82) is 0 Å². The van der Waals surface area contributed by atoms with Gasteiger partial charge in [0, 0.05) is 16.7 Å². The summed E-state index contributed by atoms with van der Waals surface area (Å²) in [5.41, 5.74) is 1.24. The zero-order valence-electron chi connectivity index (χ0n) is 10.7. The third-order valence-electron chi connectivity index (χ3n) is 3.82. The van der Waals surface area contributed by atoms with Gasteiger partial charge in [0.2, 0.25) is 0 Å². The number of aromatic nitrogens is 1. The maximum absolute atomic E-state index is 4.41. The average Bonchev–Trinajstić information content (AvgIpc) is 2.35. The molecule has 1 N–H and O–H groups in total. The summed E-state index contributed by atoms with van der Waals surface area (Å²) in [6, 6.07) is 2.74. The van der Waals surface area contributed by atoms with E-state index >= 15 is 0 Å². The fourth-order valence-corrected chi connectivity index (χ4v) is 2.76. The van der Waals surface area contributed by atoms with Gasteiger partial charge < -0.3 is 5.32 Å². The minimum absolute atomic E-state index is 0.617. The lowest BCUT2D eigenvalue weighted by Gasteiger charge is -2.28. The molecule has 0 unspecified atom stereocenters. The molecule has 0 aromatic carbocycles. The van der Waals surface area contributed by atoms with Crippen LogP contribution < -0.4 is 5.32 Å². The van der Waals surface area contributed by atoms with Crippen LogP contribution in [0.15, 0.2) is 16.7 Å². The summed E-state index contributed by atoms with van der Waals surface area (Å²) in [6.07, 6.45) is 8.52. The molecule has 2 rings (SSSR count). The first-order chi connectivity index (χ1) is 8.19. The molecule has 1 aromatic heterocycles. The van der Waals surface area contributed by atoms with Gasteiger partial charge in [0.05, 0.1) is 0 Å². The predicted molar refractivity (Wildman–Crippen MR) is 76.3 cm³/mol. The zero-order valence-corrected chi connectivity index (χ0v) is 12.3. The molecule has 0 atom stereocenters. The molecule has 0 saturated heterocycles. The maximum Gasteiger partial charge on any atom is 0.126 e. The topological polar surface area (TPSA) is 24.9 Å². The van der Waals surface area contributed by atoms with Crippen molar-refractivity contribution in [1.82, 2.24) is 4.98 Å². The van der Waals surface area contributed by atoms with Crippen molar-refractivity contribution >= 4 is 21.7 Å². The van der Waals surface area contributed by atoms with E-state index in [2.05, 4.69) is 46.1 Å². The van der Waals surface area contributed by atoms with E-state index in [9.17, 15) is 0 Å². The third-order valence-corrected chi connectivity index (χ3v) is 4.65. The summed E-state index contributed by atoms with van der Waals surface area (Å²) in [4.78, 5) is 4.41. The van der Waals surface area contributed by atoms with Crippen LogP contribution >= 0.6 is 15.9 Å². The first-order valence-corrected chi connectivity index (χ1v) is 7.37. The van der Waals surface area contributed by atoms with E-state index in [1.165, 1.54) is 37.7 Å². The molecule has 94 valence electrons. The van der Waals surface area contributed by atoms with Gasteiger partial charge in [0.1, 0.15) is 5.82 Å². The highest BCUT2D eigenvalue weighted by atomic mass is 79.9. The summed E-state index contributed by atoms with van der Waals surface area (Å²) in [7, 11) is 0. The molecule has 0 amide bonds. The van der Waals surface area contributed by atoms with Crippen molar-refractivity contribution in [2.75, 3.05) is 5.32 Å². The van der Waals surface area contributed by atoms with Gasteiger partial charge in [-0.15, -0.1) is 0 Å². The molecular weight excluding hydrogens is 276 g/mol. The van der Waals surface area contributed by atoms with E-state index in [1.54, 1.807) is 0 Å². The standard InChI is InChI=1S/C14H21BrN2/c1-3-11-4-6-12(7-5-11)17-14-8-10(2)13(15)9-16-14/h8-9,11-12H,3-7H2,1-2H3,(H,16,17). The van der Waals surface area contributed by atoms with Crippen molar-refractivity contribution in [3.8, 4) is 0 Å². The van der Waals surface area contributed by atoms with E-state index < -0.39 is 0 Å². The second kappa shape index (κ2) is 5.85. The van der Waals surface area contributed by atoms with Gasteiger partial charge >= 0.3 is 0 Å². The maximum atomic E-state index is 4.41. The predicted octanol–water partition coefficient (Wildman–Crippen LogP) is 4.53. The quantitative estimate of drug-likeness (QED) is 0.886. The fourth-order valence-electron chi connectivity index (χ4n) is 2.54. The number of anilines is 1. The fraction of sp³-hybridized carbons (Fsp3) is 0.643. The second-order valence-electron chi connectivity index (χ2n) is 5.09. The number of aryl methyl sites for hydroxylation is 1. The van der Waals surface area contributed by atoms with Crippen LogP contribution in [0.2, 0.25) is 0 Å². The van der Waals surface area contributed by atoms with E-state index in [0.29, 0.717) is 6.04 Å². The Hall–Kier alpha value is -0.570. The van der Waals surface area contributed by atoms with Crippen molar-refractivity contribution in [2.24, 2.45) is 5.92 Å². The molecule has 2 nitrogen and oxygen atoms in total. The Labute approximate surface area is 112 Å². The van der Waals surface area contributed by atoms with Crippen LogP contribution in [-0.2, 0) is 0 Å². The van der Waals surface area contributed by atoms with Gasteiger partial charge in [0.25, 0.3) is 0 Å². The molecule has 1 aliphatic rings. The Balaban J connectivity index is 1.91. The van der Waals surface area contributed by atoms with Gasteiger partial charge in [-0.25, -0.2) is 4.98 Å². The SMILES string of the molecule is CCC1CCC(Nc2cc(C)c(Br)cn2)CC1. The molecule has 17 heavy (non-hydrogen) atoms. The molecule has 0 bridgehead atoms. The van der Waals surface area contributed by atoms with Crippen LogP contribution in [0, 0.1) is 12.8 Å². The van der Waals surface area contributed by atoms with Crippen molar-refractivity contribution in [3.05, 3.63) is 22.3 Å². The van der Waals surface area contributed by atoms with Gasteiger partial charge in [-0.3, -0.25) is 0 Å². The summed E-state index contributed by atoms with van der Waals surface area (Å²) in [5, 5.41) is 3.56. The van der Waals surface area contributed by atoms with Crippen LogP contribution in [0.5, 0.6) is 0 Å². The highest BCUT2D eigenvalue weighted by Gasteiger charge is 2.19. The number of hydrogen-bond acceptors (Lipinski definition) is 2. The Morgan fingerprint density at radius 1 is 1.35 bits per heavy atom. The lowest BCUT2D eigenvalue weighted by Crippen LogP contribution is -2.26. The third kappa shape index (κ3) is 3.44. The minimum atomic E-state index is 0.617. The summed E-state index contributed by atoms with van der Waals surface area (Å²) in [5.74, 6) is 1.97. The van der Waals surface area contributed by atoms with Crippen LogP contribution in [0.3, 0.4) is 0 Å². The molecule has 1 saturated carbocycles. The first-order valence-electron chi connectivity index (χ1n) is 6.57. The number of halogens is 1. The summed E-state index contributed by atoms with van der Waals surface area (Å²) >= 11 is 3.48. The van der Waals surface area contributed by atoms with Gasteiger partial charge in [-0.1, -0.05) is 13.3 Å². The minimum Gasteiger partial charge on any atom is -0.367 e. The molecule has 1 aromatic rings. The number of pyridine rings is 1. The number of nitrogens with zero attached hydrogens (tertiary/aromatic N) is 1. The summed E-state index contributed by atoms with van der Waals surface area (Å²) < 4.78 is 1.08. The normalized spacial score (nSPS) is 24.6. The molecule has 0 radical (unpaired) electrons. The van der Waals surface area contributed by atoms with Crippen LogP contribution in [0.25, 0.3) is 0 Å². The number of rotatable bonds is 3. The van der Waals surface area contributed by atoms with Crippen LogP contribution in [-0.4, -0.2) is 11.0 Å². The average molecular weight is 297 g/mol. The number of hydrogen-bond donors (Lipinski definition) is 1. The zero-order chi connectivity index (χ0) is 12.3. The Kier molecular flexibility index (Phi) is 4.43. The van der Waals surface area contributed by atoms with Crippen molar-refractivity contribution in [3.63, 3.8) is 0 Å².